The van der Waals surface area contributed by atoms with Crippen molar-refractivity contribution < 1.29 is 0 Å². The van der Waals surface area contributed by atoms with Gasteiger partial charge in [0.1, 0.15) is 0 Å². The van der Waals surface area contributed by atoms with Crippen molar-refractivity contribution in [1.82, 2.24) is 9.78 Å². The molecular formula is C16H21N3. The van der Waals surface area contributed by atoms with Crippen LogP contribution in [0.1, 0.15) is 42.6 Å². The molecule has 3 nitrogen and oxygen atoms in total. The molecule has 1 heterocycles. The number of nitrogens with zero attached hydrogens (tertiary/aromatic N) is 2. The third kappa shape index (κ3) is 2.19. The van der Waals surface area contributed by atoms with Crippen LogP contribution in [0.5, 0.6) is 0 Å². The zero-order valence-corrected chi connectivity index (χ0v) is 11.7. The lowest BCUT2D eigenvalue weighted by atomic mass is 10.0. The highest BCUT2D eigenvalue weighted by atomic mass is 15.3. The summed E-state index contributed by atoms with van der Waals surface area (Å²) >= 11 is 0. The standard InChI is InChI=1S/C16H21N3/c1-3-8-19-10-15(11(2)18-19)13-4-6-14-12(9-13)5-7-16(14)17/h4,6,9-10,16H,3,5,7-8,17H2,1-2H3. The van der Waals surface area contributed by atoms with Gasteiger partial charge in [0.05, 0.1) is 5.69 Å². The summed E-state index contributed by atoms with van der Waals surface area (Å²) in [6.45, 7) is 5.24. The lowest BCUT2D eigenvalue weighted by molar-refractivity contribution is 0.598. The van der Waals surface area contributed by atoms with Gasteiger partial charge in [-0.2, -0.15) is 5.10 Å². The Morgan fingerprint density at radius 3 is 3.05 bits per heavy atom. The van der Waals surface area contributed by atoms with Gasteiger partial charge in [-0.25, -0.2) is 0 Å². The lowest BCUT2D eigenvalue weighted by Crippen LogP contribution is -2.04. The summed E-state index contributed by atoms with van der Waals surface area (Å²) in [5, 5.41) is 4.58. The molecule has 2 aromatic rings. The van der Waals surface area contributed by atoms with Crippen molar-refractivity contribution in [2.24, 2.45) is 5.73 Å². The summed E-state index contributed by atoms with van der Waals surface area (Å²) in [4.78, 5) is 0. The van der Waals surface area contributed by atoms with Gasteiger partial charge in [0, 0.05) is 24.3 Å². The normalized spacial score (nSPS) is 17.7. The Morgan fingerprint density at radius 2 is 2.26 bits per heavy atom. The van der Waals surface area contributed by atoms with Crippen molar-refractivity contribution in [3.05, 3.63) is 41.2 Å². The van der Waals surface area contributed by atoms with Crippen molar-refractivity contribution in [1.29, 1.82) is 0 Å². The average molecular weight is 255 g/mol. The molecule has 0 amide bonds. The van der Waals surface area contributed by atoms with E-state index in [1.54, 1.807) is 0 Å². The Morgan fingerprint density at radius 1 is 1.42 bits per heavy atom. The molecule has 19 heavy (non-hydrogen) atoms. The number of benzene rings is 1. The third-order valence-corrected chi connectivity index (χ3v) is 3.98. The molecule has 0 bridgehead atoms. The highest BCUT2D eigenvalue weighted by Gasteiger charge is 2.19. The van der Waals surface area contributed by atoms with E-state index in [1.807, 2.05) is 4.68 Å². The average Bonchev–Trinajstić information content (AvgIpc) is 2.94. The topological polar surface area (TPSA) is 43.8 Å². The van der Waals surface area contributed by atoms with Crippen molar-refractivity contribution in [2.45, 2.75) is 45.7 Å². The molecule has 100 valence electrons. The van der Waals surface area contributed by atoms with Crippen LogP contribution in [0.4, 0.5) is 0 Å². The molecular weight excluding hydrogens is 234 g/mol. The highest BCUT2D eigenvalue weighted by molar-refractivity contribution is 5.67. The molecule has 0 aliphatic heterocycles. The maximum atomic E-state index is 6.09. The van der Waals surface area contributed by atoms with Crippen LogP contribution in [-0.2, 0) is 13.0 Å². The second-order valence-corrected chi connectivity index (χ2v) is 5.45. The summed E-state index contributed by atoms with van der Waals surface area (Å²) in [5.41, 5.74) is 12.4. The molecule has 3 rings (SSSR count). The summed E-state index contributed by atoms with van der Waals surface area (Å²) < 4.78 is 2.05. The molecule has 1 aliphatic carbocycles. The van der Waals surface area contributed by atoms with Gasteiger partial charge in [-0.15, -0.1) is 0 Å². The maximum Gasteiger partial charge on any atom is 0.0672 e. The van der Waals surface area contributed by atoms with Gasteiger partial charge in [-0.3, -0.25) is 4.68 Å². The Kier molecular flexibility index (Phi) is 3.15. The number of aryl methyl sites for hydroxylation is 3. The van der Waals surface area contributed by atoms with Gasteiger partial charge in [-0.1, -0.05) is 25.1 Å². The minimum absolute atomic E-state index is 0.230. The van der Waals surface area contributed by atoms with E-state index in [0.29, 0.717) is 0 Å². The second kappa shape index (κ2) is 4.82. The molecule has 0 radical (unpaired) electrons. The first-order valence-corrected chi connectivity index (χ1v) is 7.12. The summed E-state index contributed by atoms with van der Waals surface area (Å²) in [5.74, 6) is 0. The molecule has 1 aromatic heterocycles. The van der Waals surface area contributed by atoms with Crippen LogP contribution in [-0.4, -0.2) is 9.78 Å². The van der Waals surface area contributed by atoms with Crippen LogP contribution < -0.4 is 5.73 Å². The van der Waals surface area contributed by atoms with E-state index in [9.17, 15) is 0 Å². The van der Waals surface area contributed by atoms with Crippen molar-refractivity contribution in [2.75, 3.05) is 0 Å². The fraction of sp³-hybridized carbons (Fsp3) is 0.438. The largest absolute Gasteiger partial charge is 0.324 e. The number of hydrogen-bond donors (Lipinski definition) is 1. The van der Waals surface area contributed by atoms with Gasteiger partial charge in [-0.05, 0) is 42.9 Å². The number of rotatable bonds is 3. The predicted molar refractivity (Wildman–Crippen MR) is 77.9 cm³/mol. The first-order valence-electron chi connectivity index (χ1n) is 7.12. The zero-order chi connectivity index (χ0) is 13.4. The Balaban J connectivity index is 1.98. The van der Waals surface area contributed by atoms with Gasteiger partial charge in [0.2, 0.25) is 0 Å². The molecule has 1 aromatic carbocycles. The van der Waals surface area contributed by atoms with Gasteiger partial charge in [0.15, 0.2) is 0 Å². The first kappa shape index (κ1) is 12.4. The fourth-order valence-electron chi connectivity index (χ4n) is 2.96. The molecule has 0 spiro atoms. The number of nitrogens with two attached hydrogens (primary N) is 1. The quantitative estimate of drug-likeness (QED) is 0.915. The Hall–Kier alpha value is -1.61. The van der Waals surface area contributed by atoms with E-state index in [0.717, 1.165) is 31.5 Å². The number of fused-ring (bicyclic) bond motifs is 1. The predicted octanol–water partition coefficient (Wildman–Crippen LogP) is 3.21. The summed E-state index contributed by atoms with van der Waals surface area (Å²) in [7, 11) is 0. The summed E-state index contributed by atoms with van der Waals surface area (Å²) in [6.07, 6.45) is 5.45. The molecule has 0 saturated heterocycles. The van der Waals surface area contributed by atoms with Crippen molar-refractivity contribution in [3.8, 4) is 11.1 Å². The van der Waals surface area contributed by atoms with Crippen LogP contribution in [0.2, 0.25) is 0 Å². The SMILES string of the molecule is CCCn1cc(-c2ccc3c(c2)CCC3N)c(C)n1. The molecule has 1 aliphatic rings. The van der Waals surface area contributed by atoms with Crippen LogP contribution in [0.3, 0.4) is 0 Å². The monoisotopic (exact) mass is 255 g/mol. The highest BCUT2D eigenvalue weighted by Crippen LogP contribution is 2.33. The van der Waals surface area contributed by atoms with E-state index in [2.05, 4.69) is 43.3 Å². The Bertz CT molecular complexity index is 598. The third-order valence-electron chi connectivity index (χ3n) is 3.98. The fourth-order valence-corrected chi connectivity index (χ4v) is 2.96. The van der Waals surface area contributed by atoms with Crippen molar-refractivity contribution in [3.63, 3.8) is 0 Å². The second-order valence-electron chi connectivity index (χ2n) is 5.45. The minimum Gasteiger partial charge on any atom is -0.324 e. The Labute approximate surface area is 114 Å². The van der Waals surface area contributed by atoms with E-state index >= 15 is 0 Å². The molecule has 0 fully saturated rings. The van der Waals surface area contributed by atoms with Crippen LogP contribution in [0.25, 0.3) is 11.1 Å². The number of aromatic nitrogens is 2. The molecule has 0 saturated carbocycles. The van der Waals surface area contributed by atoms with Crippen molar-refractivity contribution >= 4 is 0 Å². The van der Waals surface area contributed by atoms with Crippen LogP contribution in [0, 0.1) is 6.92 Å². The van der Waals surface area contributed by atoms with Gasteiger partial charge >= 0.3 is 0 Å². The first-order chi connectivity index (χ1) is 9.19. The van der Waals surface area contributed by atoms with Gasteiger partial charge in [0.25, 0.3) is 0 Å². The van der Waals surface area contributed by atoms with Crippen LogP contribution in [0.15, 0.2) is 24.4 Å². The molecule has 2 N–H and O–H groups in total. The van der Waals surface area contributed by atoms with E-state index in [-0.39, 0.29) is 6.04 Å². The molecule has 1 unspecified atom stereocenters. The van der Waals surface area contributed by atoms with E-state index in [1.165, 1.54) is 22.3 Å². The lowest BCUT2D eigenvalue weighted by Gasteiger charge is -2.06. The smallest absolute Gasteiger partial charge is 0.0672 e. The van der Waals surface area contributed by atoms with E-state index < -0.39 is 0 Å². The number of hydrogen-bond acceptors (Lipinski definition) is 2. The maximum absolute atomic E-state index is 6.09. The van der Waals surface area contributed by atoms with E-state index in [4.69, 9.17) is 5.73 Å². The molecule has 3 heteroatoms. The zero-order valence-electron chi connectivity index (χ0n) is 11.7. The molecule has 1 atom stereocenters. The summed E-state index contributed by atoms with van der Waals surface area (Å²) in [6, 6.07) is 6.90. The minimum atomic E-state index is 0.230. The van der Waals surface area contributed by atoms with Crippen LogP contribution >= 0.6 is 0 Å². The van der Waals surface area contributed by atoms with Gasteiger partial charge < -0.3 is 5.73 Å².